The van der Waals surface area contributed by atoms with Gasteiger partial charge in [-0.3, -0.25) is 4.79 Å². The number of methoxy groups -OCH3 is 1. The zero-order chi connectivity index (χ0) is 23.3. The molecule has 1 unspecified atom stereocenters. The molecule has 2 spiro atoms. The highest BCUT2D eigenvalue weighted by Crippen LogP contribution is 2.74. The maximum Gasteiger partial charge on any atom is 0.166 e. The van der Waals surface area contributed by atoms with Crippen molar-refractivity contribution in [3.8, 4) is 11.5 Å². The Morgan fingerprint density at radius 1 is 1.18 bits per heavy atom. The zero-order valence-corrected chi connectivity index (χ0v) is 20.0. The summed E-state index contributed by atoms with van der Waals surface area (Å²) in [5, 5.41) is 0. The number of ketones is 1. The van der Waals surface area contributed by atoms with E-state index in [1.807, 2.05) is 18.2 Å². The van der Waals surface area contributed by atoms with E-state index in [-0.39, 0.29) is 28.6 Å². The molecule has 6 aliphatic rings. The molecule has 5 nitrogen and oxygen atoms in total. The predicted octanol–water partition coefficient (Wildman–Crippen LogP) is 4.07. The van der Waals surface area contributed by atoms with E-state index in [9.17, 15) is 4.79 Å². The van der Waals surface area contributed by atoms with Crippen molar-refractivity contribution in [1.29, 1.82) is 0 Å². The van der Waals surface area contributed by atoms with Crippen molar-refractivity contribution in [2.24, 2.45) is 11.3 Å². The third kappa shape index (κ3) is 2.21. The van der Waals surface area contributed by atoms with Gasteiger partial charge in [-0.2, -0.15) is 0 Å². The van der Waals surface area contributed by atoms with Crippen molar-refractivity contribution in [2.45, 2.75) is 56.0 Å². The Kier molecular flexibility index (Phi) is 4.10. The van der Waals surface area contributed by atoms with Crippen molar-refractivity contribution < 1.29 is 19.0 Å². The third-order valence-electron chi connectivity index (χ3n) is 9.79. The van der Waals surface area contributed by atoms with Crippen LogP contribution in [0.1, 0.15) is 36.5 Å². The van der Waals surface area contributed by atoms with E-state index in [0.29, 0.717) is 12.6 Å². The second-order valence-electron chi connectivity index (χ2n) is 10.9. The van der Waals surface area contributed by atoms with Gasteiger partial charge in [-0.1, -0.05) is 48.6 Å². The lowest BCUT2D eigenvalue weighted by molar-refractivity contribution is -0.212. The minimum absolute atomic E-state index is 0.141. The van der Waals surface area contributed by atoms with Gasteiger partial charge in [0.05, 0.1) is 11.3 Å². The molecule has 5 heteroatoms. The number of carbonyl (C=O) groups is 1. The Labute approximate surface area is 200 Å². The summed E-state index contributed by atoms with van der Waals surface area (Å²) in [7, 11) is 3.98. The summed E-state index contributed by atoms with van der Waals surface area (Å²) in [6, 6.07) is 14.9. The van der Waals surface area contributed by atoms with E-state index in [1.165, 1.54) is 11.1 Å². The van der Waals surface area contributed by atoms with E-state index in [1.54, 1.807) is 14.0 Å². The van der Waals surface area contributed by atoms with Gasteiger partial charge < -0.3 is 19.1 Å². The monoisotopic (exact) mass is 457 g/mol. The summed E-state index contributed by atoms with van der Waals surface area (Å²) in [5.74, 6) is 1.65. The molecule has 4 bridgehead atoms. The first-order valence-corrected chi connectivity index (χ1v) is 12.4. The number of likely N-dealkylation sites (tertiary alicyclic amines) is 1. The average molecular weight is 458 g/mol. The summed E-state index contributed by atoms with van der Waals surface area (Å²) in [4.78, 5) is 15.5. The maximum absolute atomic E-state index is 13.0. The van der Waals surface area contributed by atoms with Crippen LogP contribution in [-0.4, -0.2) is 49.1 Å². The largest absolute Gasteiger partial charge is 0.485 e. The van der Waals surface area contributed by atoms with Gasteiger partial charge in [0.1, 0.15) is 24.1 Å². The molecule has 2 aromatic rings. The molecule has 2 fully saturated rings. The fourth-order valence-corrected chi connectivity index (χ4v) is 8.35. The standard InChI is InChI=1S/C29H31NO4/c1-18(31)21-16-27-11-12-29(21,32-3)26-28(27)13-14-30(2)23(27)15-20-9-10-22(25(34-26)24(20)28)33-17-19-7-5-4-6-8-19/h4-12,21,23,26H,13-17H2,1-3H3/t21-,23+,26+,27+,28?,29+/m0/s1. The molecule has 2 aliphatic heterocycles. The van der Waals surface area contributed by atoms with Crippen molar-refractivity contribution in [1.82, 2.24) is 4.90 Å². The Morgan fingerprint density at radius 2 is 2.00 bits per heavy atom. The van der Waals surface area contributed by atoms with Gasteiger partial charge in [-0.25, -0.2) is 0 Å². The lowest BCUT2D eigenvalue weighted by atomic mass is 9.37. The molecule has 2 heterocycles. The Balaban J connectivity index is 1.42. The van der Waals surface area contributed by atoms with Crippen LogP contribution in [0, 0.1) is 11.3 Å². The topological polar surface area (TPSA) is 48.0 Å². The summed E-state index contributed by atoms with van der Waals surface area (Å²) in [6.07, 6.45) is 7.13. The molecule has 34 heavy (non-hydrogen) atoms. The lowest BCUT2D eigenvalue weighted by Crippen LogP contribution is -2.79. The fourth-order valence-electron chi connectivity index (χ4n) is 8.35. The van der Waals surface area contributed by atoms with Crippen LogP contribution in [0.15, 0.2) is 54.6 Å². The SMILES string of the molecule is CO[C@]12C=C[C@@]3(C[C@H]1C(C)=O)[C@H]1Cc4ccc(OCc5ccccc5)c5c4C3(CCN1C)[C@H]2O5. The smallest absolute Gasteiger partial charge is 0.166 e. The average Bonchev–Trinajstić information content (AvgIpc) is 3.23. The molecule has 0 N–H and O–H groups in total. The summed E-state index contributed by atoms with van der Waals surface area (Å²) >= 11 is 0. The number of hydrogen-bond acceptors (Lipinski definition) is 5. The zero-order valence-electron chi connectivity index (χ0n) is 20.0. The summed E-state index contributed by atoms with van der Waals surface area (Å²) in [6.45, 7) is 3.22. The maximum atomic E-state index is 13.0. The lowest BCUT2D eigenvalue weighted by Gasteiger charge is -2.70. The van der Waals surface area contributed by atoms with Crippen LogP contribution in [0.3, 0.4) is 0 Å². The number of benzene rings is 2. The highest BCUT2D eigenvalue weighted by molar-refractivity contribution is 5.82. The van der Waals surface area contributed by atoms with E-state index in [4.69, 9.17) is 14.2 Å². The first kappa shape index (κ1) is 20.7. The summed E-state index contributed by atoms with van der Waals surface area (Å²) < 4.78 is 19.6. The number of carbonyl (C=O) groups excluding carboxylic acids is 1. The van der Waals surface area contributed by atoms with Gasteiger partial charge in [0, 0.05) is 24.1 Å². The van der Waals surface area contributed by atoms with Crippen LogP contribution in [0.5, 0.6) is 11.5 Å². The first-order chi connectivity index (χ1) is 16.5. The van der Waals surface area contributed by atoms with Gasteiger partial charge in [0.15, 0.2) is 11.5 Å². The number of nitrogens with zero attached hydrogens (tertiary/aromatic N) is 1. The van der Waals surface area contributed by atoms with Crippen molar-refractivity contribution in [2.75, 3.05) is 20.7 Å². The Morgan fingerprint density at radius 3 is 2.76 bits per heavy atom. The number of ether oxygens (including phenoxy) is 3. The van der Waals surface area contributed by atoms with Crippen molar-refractivity contribution >= 4 is 5.78 Å². The third-order valence-corrected chi connectivity index (χ3v) is 9.79. The van der Waals surface area contributed by atoms with Crippen LogP contribution in [0.2, 0.25) is 0 Å². The van der Waals surface area contributed by atoms with Gasteiger partial charge >= 0.3 is 0 Å². The molecule has 1 saturated carbocycles. The molecule has 0 radical (unpaired) electrons. The molecule has 0 aromatic heterocycles. The van der Waals surface area contributed by atoms with Gasteiger partial charge in [-0.05, 0) is 57.0 Å². The highest BCUT2D eigenvalue weighted by Gasteiger charge is 2.79. The molecule has 8 rings (SSSR count). The number of hydrogen-bond donors (Lipinski definition) is 0. The fraction of sp³-hybridized carbons (Fsp3) is 0.483. The number of fused-ring (bicyclic) bond motifs is 1. The molecule has 4 aliphatic carbocycles. The highest BCUT2D eigenvalue weighted by atomic mass is 16.6. The van der Waals surface area contributed by atoms with E-state index in [2.05, 4.69) is 48.4 Å². The first-order valence-electron chi connectivity index (χ1n) is 12.4. The minimum Gasteiger partial charge on any atom is -0.485 e. The van der Waals surface area contributed by atoms with Gasteiger partial charge in [0.25, 0.3) is 0 Å². The second-order valence-corrected chi connectivity index (χ2v) is 10.9. The van der Waals surface area contributed by atoms with Crippen LogP contribution < -0.4 is 9.47 Å². The number of piperidine rings is 1. The molecule has 6 atom stereocenters. The predicted molar refractivity (Wildman–Crippen MR) is 128 cm³/mol. The van der Waals surface area contributed by atoms with Crippen LogP contribution >= 0.6 is 0 Å². The Hall–Kier alpha value is -2.63. The molecule has 1 saturated heterocycles. The summed E-state index contributed by atoms with van der Waals surface area (Å²) in [5.41, 5.74) is 2.72. The van der Waals surface area contributed by atoms with Gasteiger partial charge in [0.2, 0.25) is 0 Å². The molecule has 2 aromatic carbocycles. The number of likely N-dealkylation sites (N-methyl/N-ethyl adjacent to an activating group) is 1. The van der Waals surface area contributed by atoms with Crippen LogP contribution in [0.25, 0.3) is 0 Å². The van der Waals surface area contributed by atoms with E-state index in [0.717, 1.165) is 42.9 Å². The van der Waals surface area contributed by atoms with E-state index >= 15 is 0 Å². The number of Topliss-reactive ketones (excluding diaryl/α,β-unsaturated/α-hetero) is 1. The van der Waals surface area contributed by atoms with Crippen molar-refractivity contribution in [3.05, 3.63) is 71.3 Å². The molecular weight excluding hydrogens is 426 g/mol. The van der Waals surface area contributed by atoms with Crippen LogP contribution in [-0.2, 0) is 28.0 Å². The molecule has 176 valence electrons. The number of rotatable bonds is 5. The minimum atomic E-state index is -0.752. The normalized spacial score (nSPS) is 38.4. The second kappa shape index (κ2) is 6.73. The van der Waals surface area contributed by atoms with Crippen molar-refractivity contribution in [3.63, 3.8) is 0 Å². The van der Waals surface area contributed by atoms with Gasteiger partial charge in [-0.15, -0.1) is 0 Å². The Bertz CT molecular complexity index is 1220. The molecular formula is C29H31NO4. The quantitative estimate of drug-likeness (QED) is 0.634. The van der Waals surface area contributed by atoms with Crippen LogP contribution in [0.4, 0.5) is 0 Å². The van der Waals surface area contributed by atoms with E-state index < -0.39 is 5.60 Å². The molecule has 0 amide bonds.